The van der Waals surface area contributed by atoms with Crippen LogP contribution in [-0.4, -0.2) is 49.0 Å². The first-order valence-electron chi connectivity index (χ1n) is 8.42. The third kappa shape index (κ3) is 5.34. The molecule has 7 heteroatoms. The zero-order valence-electron chi connectivity index (χ0n) is 15.0. The molecule has 1 aliphatic rings. The van der Waals surface area contributed by atoms with Gasteiger partial charge < -0.3 is 20.7 Å². The topological polar surface area (TPSA) is 84.7 Å². The number of ether oxygens (including phenoxy) is 1. The number of halogens is 1. The molecule has 0 saturated carbocycles. The van der Waals surface area contributed by atoms with Gasteiger partial charge in [0, 0.05) is 19.1 Å². The van der Waals surface area contributed by atoms with Gasteiger partial charge in [-0.3, -0.25) is 9.59 Å². The summed E-state index contributed by atoms with van der Waals surface area (Å²) in [6.07, 6.45) is 1.84. The Morgan fingerprint density at radius 1 is 1.32 bits per heavy atom. The number of piperidine rings is 1. The van der Waals surface area contributed by atoms with Crippen molar-refractivity contribution < 1.29 is 14.3 Å². The number of para-hydroxylation sites is 1. The predicted molar refractivity (Wildman–Crippen MR) is 100 cm³/mol. The number of methoxy groups -OCH3 is 1. The molecule has 2 unspecified atom stereocenters. The fourth-order valence-corrected chi connectivity index (χ4v) is 2.97. The van der Waals surface area contributed by atoms with E-state index in [-0.39, 0.29) is 36.2 Å². The number of likely N-dealkylation sites (tertiary alicyclic amines) is 1. The summed E-state index contributed by atoms with van der Waals surface area (Å²) >= 11 is 0. The zero-order chi connectivity index (χ0) is 17.7. The Hall–Kier alpha value is -1.79. The van der Waals surface area contributed by atoms with Gasteiger partial charge in [0.1, 0.15) is 11.8 Å². The van der Waals surface area contributed by atoms with Gasteiger partial charge in [0.25, 0.3) is 5.91 Å². The van der Waals surface area contributed by atoms with Gasteiger partial charge in [0.15, 0.2) is 0 Å². The molecule has 0 aliphatic carbocycles. The fraction of sp³-hybridized carbons (Fsp3) is 0.556. The second-order valence-electron chi connectivity index (χ2n) is 6.58. The molecule has 2 rings (SSSR count). The Morgan fingerprint density at radius 2 is 2.00 bits per heavy atom. The van der Waals surface area contributed by atoms with Crippen molar-refractivity contribution in [3.05, 3.63) is 29.8 Å². The first-order valence-corrected chi connectivity index (χ1v) is 8.42. The predicted octanol–water partition coefficient (Wildman–Crippen LogP) is 1.82. The van der Waals surface area contributed by atoms with E-state index >= 15 is 0 Å². The van der Waals surface area contributed by atoms with Gasteiger partial charge in [-0.05, 0) is 30.9 Å². The number of amides is 2. The molecule has 3 N–H and O–H groups in total. The maximum atomic E-state index is 12.8. The van der Waals surface area contributed by atoms with Crippen LogP contribution in [0.3, 0.4) is 0 Å². The lowest BCUT2D eigenvalue weighted by Crippen LogP contribution is -2.55. The highest BCUT2D eigenvalue weighted by atomic mass is 35.5. The normalized spacial score (nSPS) is 18.3. The van der Waals surface area contributed by atoms with Gasteiger partial charge in [0.2, 0.25) is 5.91 Å². The number of carbonyl (C=O) groups excluding carboxylic acids is 2. The summed E-state index contributed by atoms with van der Waals surface area (Å²) < 4.78 is 5.23. The van der Waals surface area contributed by atoms with Crippen LogP contribution in [-0.2, 0) is 4.79 Å². The summed E-state index contributed by atoms with van der Waals surface area (Å²) in [6.45, 7) is 5.09. The van der Waals surface area contributed by atoms with Crippen LogP contribution in [0.2, 0.25) is 0 Å². The molecule has 0 spiro atoms. The molecule has 1 aliphatic heterocycles. The van der Waals surface area contributed by atoms with E-state index in [9.17, 15) is 9.59 Å². The maximum Gasteiger partial charge on any atom is 0.255 e. The summed E-state index contributed by atoms with van der Waals surface area (Å²) in [5, 5.41) is 2.87. The monoisotopic (exact) mass is 369 g/mol. The molecule has 2 atom stereocenters. The molecule has 1 aromatic carbocycles. The van der Waals surface area contributed by atoms with Crippen LogP contribution >= 0.6 is 12.4 Å². The quantitative estimate of drug-likeness (QED) is 0.829. The van der Waals surface area contributed by atoms with Crippen LogP contribution in [0.4, 0.5) is 0 Å². The average Bonchev–Trinajstić information content (AvgIpc) is 2.58. The zero-order valence-corrected chi connectivity index (χ0v) is 15.8. The second kappa shape index (κ2) is 9.63. The van der Waals surface area contributed by atoms with Gasteiger partial charge in [0.05, 0.1) is 12.7 Å². The van der Waals surface area contributed by atoms with Crippen LogP contribution in [0.15, 0.2) is 24.3 Å². The smallest absolute Gasteiger partial charge is 0.255 e. The Morgan fingerprint density at radius 3 is 2.60 bits per heavy atom. The van der Waals surface area contributed by atoms with Crippen LogP contribution in [0.25, 0.3) is 0 Å². The third-order valence-corrected chi connectivity index (χ3v) is 4.34. The van der Waals surface area contributed by atoms with Crippen molar-refractivity contribution in [3.63, 3.8) is 0 Å². The summed E-state index contributed by atoms with van der Waals surface area (Å²) in [4.78, 5) is 27.2. The molecule has 1 fully saturated rings. The van der Waals surface area contributed by atoms with E-state index in [1.54, 1.807) is 29.2 Å². The molecule has 25 heavy (non-hydrogen) atoms. The van der Waals surface area contributed by atoms with Gasteiger partial charge in [-0.2, -0.15) is 0 Å². The van der Waals surface area contributed by atoms with Gasteiger partial charge in [-0.15, -0.1) is 12.4 Å². The number of nitrogens with one attached hydrogen (secondary N) is 1. The van der Waals surface area contributed by atoms with Gasteiger partial charge in [-0.25, -0.2) is 0 Å². The number of nitrogens with two attached hydrogens (primary N) is 1. The standard InChI is InChI=1S/C18H27N3O3.ClH/c1-12(2)16(18(23)21-10-6-7-13(19)11-21)20-17(22)14-8-4-5-9-15(14)24-3;/h4-5,8-9,12-13,16H,6-7,10-11,19H2,1-3H3,(H,20,22);1H. The van der Waals surface area contributed by atoms with E-state index in [1.807, 2.05) is 13.8 Å². The number of carbonyl (C=O) groups is 2. The summed E-state index contributed by atoms with van der Waals surface area (Å²) in [7, 11) is 1.52. The first-order chi connectivity index (χ1) is 11.4. The van der Waals surface area contributed by atoms with Crippen molar-refractivity contribution in [2.75, 3.05) is 20.2 Å². The highest BCUT2D eigenvalue weighted by Crippen LogP contribution is 2.19. The molecule has 6 nitrogen and oxygen atoms in total. The maximum absolute atomic E-state index is 12.8. The van der Waals surface area contributed by atoms with Crippen molar-refractivity contribution >= 4 is 24.2 Å². The van der Waals surface area contributed by atoms with Gasteiger partial charge in [-0.1, -0.05) is 26.0 Å². The van der Waals surface area contributed by atoms with Gasteiger partial charge >= 0.3 is 0 Å². The summed E-state index contributed by atoms with van der Waals surface area (Å²) in [6, 6.07) is 6.42. The highest BCUT2D eigenvalue weighted by Gasteiger charge is 2.31. The molecule has 140 valence electrons. The van der Waals surface area contributed by atoms with Crippen molar-refractivity contribution in [1.29, 1.82) is 0 Å². The third-order valence-electron chi connectivity index (χ3n) is 4.34. The molecular weight excluding hydrogens is 342 g/mol. The molecular formula is C18H28ClN3O3. The minimum Gasteiger partial charge on any atom is -0.496 e. The summed E-state index contributed by atoms with van der Waals surface area (Å²) in [5.41, 5.74) is 6.40. The minimum atomic E-state index is -0.576. The summed E-state index contributed by atoms with van der Waals surface area (Å²) in [5.74, 6) is 0.100. The average molecular weight is 370 g/mol. The van der Waals surface area contributed by atoms with Crippen LogP contribution < -0.4 is 15.8 Å². The van der Waals surface area contributed by atoms with E-state index in [1.165, 1.54) is 7.11 Å². The van der Waals surface area contributed by atoms with Crippen molar-refractivity contribution in [3.8, 4) is 5.75 Å². The lowest BCUT2D eigenvalue weighted by molar-refractivity contribution is -0.135. The van der Waals surface area contributed by atoms with E-state index in [2.05, 4.69) is 5.32 Å². The number of hydrogen-bond donors (Lipinski definition) is 2. The van der Waals surface area contributed by atoms with E-state index in [4.69, 9.17) is 10.5 Å². The van der Waals surface area contributed by atoms with Crippen LogP contribution in [0.1, 0.15) is 37.0 Å². The van der Waals surface area contributed by atoms with Crippen LogP contribution in [0.5, 0.6) is 5.75 Å². The lowest BCUT2D eigenvalue weighted by Gasteiger charge is -2.34. The Bertz CT molecular complexity index is 595. The second-order valence-corrected chi connectivity index (χ2v) is 6.58. The van der Waals surface area contributed by atoms with Crippen molar-refractivity contribution in [1.82, 2.24) is 10.2 Å². The molecule has 0 aromatic heterocycles. The number of nitrogens with zero attached hydrogens (tertiary/aromatic N) is 1. The molecule has 1 heterocycles. The Balaban J connectivity index is 0.00000312. The highest BCUT2D eigenvalue weighted by molar-refractivity contribution is 5.99. The van der Waals surface area contributed by atoms with E-state index in [0.29, 0.717) is 24.4 Å². The van der Waals surface area contributed by atoms with E-state index in [0.717, 1.165) is 12.8 Å². The molecule has 2 amide bonds. The first kappa shape index (κ1) is 21.3. The molecule has 1 aromatic rings. The number of benzene rings is 1. The van der Waals surface area contributed by atoms with Crippen LogP contribution in [0, 0.1) is 5.92 Å². The fourth-order valence-electron chi connectivity index (χ4n) is 2.97. The van der Waals surface area contributed by atoms with E-state index < -0.39 is 6.04 Å². The number of rotatable bonds is 5. The van der Waals surface area contributed by atoms with Crippen molar-refractivity contribution in [2.24, 2.45) is 11.7 Å². The van der Waals surface area contributed by atoms with Crippen molar-refractivity contribution in [2.45, 2.75) is 38.8 Å². The number of hydrogen-bond acceptors (Lipinski definition) is 4. The Kier molecular flexibility index (Phi) is 8.19. The largest absolute Gasteiger partial charge is 0.496 e. The minimum absolute atomic E-state index is 0. The molecule has 1 saturated heterocycles. The SMILES string of the molecule is COc1ccccc1C(=O)NC(C(=O)N1CCCC(N)C1)C(C)C.Cl. The molecule has 0 bridgehead atoms. The molecule has 0 radical (unpaired) electrons. The Labute approximate surface area is 155 Å². The lowest BCUT2D eigenvalue weighted by atomic mass is 9.99.